The Morgan fingerprint density at radius 3 is 2.70 bits per heavy atom. The first-order valence-electron chi connectivity index (χ1n) is 8.12. The smallest absolute Gasteiger partial charge is 0.234 e. The van der Waals surface area contributed by atoms with Crippen molar-refractivity contribution >= 4 is 39.3 Å². The van der Waals surface area contributed by atoms with Crippen LogP contribution in [-0.4, -0.2) is 36.6 Å². The van der Waals surface area contributed by atoms with E-state index in [0.717, 1.165) is 4.47 Å². The third-order valence-corrected chi connectivity index (χ3v) is 5.20. The van der Waals surface area contributed by atoms with Crippen molar-refractivity contribution in [1.82, 2.24) is 14.8 Å². The zero-order chi connectivity index (χ0) is 19.4. The van der Waals surface area contributed by atoms with E-state index in [1.807, 2.05) is 11.5 Å². The number of nitrogens with one attached hydrogen (secondary N) is 1. The summed E-state index contributed by atoms with van der Waals surface area (Å²) in [5, 5.41) is 31.4. The molecule has 7 nitrogen and oxygen atoms in total. The summed E-state index contributed by atoms with van der Waals surface area (Å²) in [4.78, 5) is 12.2. The number of aromatic nitrogens is 3. The van der Waals surface area contributed by atoms with Gasteiger partial charge in [0.2, 0.25) is 5.91 Å². The first-order valence-corrected chi connectivity index (χ1v) is 9.90. The van der Waals surface area contributed by atoms with Gasteiger partial charge in [-0.1, -0.05) is 39.8 Å². The average Bonchev–Trinajstić information content (AvgIpc) is 3.06. The van der Waals surface area contributed by atoms with E-state index in [0.29, 0.717) is 28.8 Å². The first-order chi connectivity index (χ1) is 13.0. The highest BCUT2D eigenvalue weighted by atomic mass is 79.9. The molecule has 3 aromatic rings. The van der Waals surface area contributed by atoms with Crippen molar-refractivity contribution in [2.75, 3.05) is 11.1 Å². The number of thioether (sulfide) groups is 1. The quantitative estimate of drug-likeness (QED) is 0.390. The lowest BCUT2D eigenvalue weighted by atomic mass is 10.2. The van der Waals surface area contributed by atoms with Crippen LogP contribution in [0.5, 0.6) is 11.5 Å². The number of anilines is 1. The minimum absolute atomic E-state index is 0.0139. The molecule has 0 spiro atoms. The Morgan fingerprint density at radius 2 is 1.96 bits per heavy atom. The van der Waals surface area contributed by atoms with Gasteiger partial charge in [0.05, 0.1) is 17.0 Å². The molecule has 0 saturated carbocycles. The van der Waals surface area contributed by atoms with Crippen molar-refractivity contribution in [3.63, 3.8) is 0 Å². The monoisotopic (exact) mass is 448 g/mol. The molecule has 27 heavy (non-hydrogen) atoms. The van der Waals surface area contributed by atoms with Gasteiger partial charge in [-0.25, -0.2) is 0 Å². The zero-order valence-electron chi connectivity index (χ0n) is 14.4. The van der Waals surface area contributed by atoms with Crippen molar-refractivity contribution in [3.8, 4) is 22.9 Å². The van der Waals surface area contributed by atoms with E-state index < -0.39 is 0 Å². The Hall–Kier alpha value is -2.52. The number of benzene rings is 2. The van der Waals surface area contributed by atoms with Crippen molar-refractivity contribution in [3.05, 3.63) is 46.9 Å². The second kappa shape index (κ2) is 8.45. The number of rotatable bonds is 6. The fourth-order valence-corrected chi connectivity index (χ4v) is 3.63. The van der Waals surface area contributed by atoms with Crippen LogP contribution in [0.3, 0.4) is 0 Å². The van der Waals surface area contributed by atoms with Gasteiger partial charge in [-0.3, -0.25) is 4.79 Å². The number of hydrogen-bond donors (Lipinski definition) is 3. The van der Waals surface area contributed by atoms with Crippen LogP contribution in [0.1, 0.15) is 6.92 Å². The molecule has 0 radical (unpaired) electrons. The number of amides is 1. The zero-order valence-corrected chi connectivity index (χ0v) is 16.8. The number of aromatic hydroxyl groups is 2. The lowest BCUT2D eigenvalue weighted by Crippen LogP contribution is -2.14. The average molecular weight is 449 g/mol. The summed E-state index contributed by atoms with van der Waals surface area (Å²) in [5.74, 6) is 0.491. The molecule has 0 aliphatic rings. The van der Waals surface area contributed by atoms with E-state index in [-0.39, 0.29) is 23.2 Å². The van der Waals surface area contributed by atoms with Gasteiger partial charge in [0.25, 0.3) is 0 Å². The summed E-state index contributed by atoms with van der Waals surface area (Å²) in [6, 6.07) is 11.6. The Morgan fingerprint density at radius 1 is 1.19 bits per heavy atom. The largest absolute Gasteiger partial charge is 0.507 e. The van der Waals surface area contributed by atoms with Crippen molar-refractivity contribution in [1.29, 1.82) is 0 Å². The van der Waals surface area contributed by atoms with E-state index in [9.17, 15) is 15.0 Å². The molecule has 2 aromatic carbocycles. The van der Waals surface area contributed by atoms with Crippen LogP contribution in [0.15, 0.2) is 52.1 Å². The molecule has 1 heterocycles. The van der Waals surface area contributed by atoms with Gasteiger partial charge in [0, 0.05) is 11.0 Å². The molecule has 1 aromatic heterocycles. The molecule has 0 unspecified atom stereocenters. The second-order valence-corrected chi connectivity index (χ2v) is 7.42. The van der Waals surface area contributed by atoms with Crippen LogP contribution in [0.2, 0.25) is 0 Å². The first kappa shape index (κ1) is 19.2. The van der Waals surface area contributed by atoms with Crippen LogP contribution in [0.25, 0.3) is 11.4 Å². The lowest BCUT2D eigenvalue weighted by Gasteiger charge is -2.09. The summed E-state index contributed by atoms with van der Waals surface area (Å²) >= 11 is 4.62. The molecule has 0 atom stereocenters. The Bertz CT molecular complexity index is 977. The number of phenolic OH excluding ortho intramolecular Hbond substituents is 2. The maximum atomic E-state index is 12.2. The molecule has 140 valence electrons. The maximum absolute atomic E-state index is 12.2. The van der Waals surface area contributed by atoms with Gasteiger partial charge < -0.3 is 20.1 Å². The molecule has 1 amide bonds. The van der Waals surface area contributed by atoms with Crippen LogP contribution < -0.4 is 5.32 Å². The normalized spacial score (nSPS) is 10.7. The second-order valence-electron chi connectivity index (χ2n) is 5.57. The highest BCUT2D eigenvalue weighted by Gasteiger charge is 2.17. The molecule has 0 fully saturated rings. The van der Waals surface area contributed by atoms with Gasteiger partial charge in [0.15, 0.2) is 11.0 Å². The van der Waals surface area contributed by atoms with Gasteiger partial charge in [-0.15, -0.1) is 10.2 Å². The lowest BCUT2D eigenvalue weighted by molar-refractivity contribution is -0.113. The van der Waals surface area contributed by atoms with Crippen LogP contribution in [0.4, 0.5) is 5.69 Å². The standard InChI is InChI=1S/C18H17BrN4O3S/c1-2-23-17(12-9-11(19)7-8-14(12)24)21-22-18(23)27-10-16(26)20-13-5-3-4-6-15(13)25/h3-9,24-25H,2,10H2,1H3,(H,20,26). The number of hydrogen-bond acceptors (Lipinski definition) is 6. The third kappa shape index (κ3) is 4.42. The topological polar surface area (TPSA) is 100 Å². The summed E-state index contributed by atoms with van der Waals surface area (Å²) < 4.78 is 2.65. The predicted octanol–water partition coefficient (Wildman–Crippen LogP) is 3.87. The number of para-hydroxylation sites is 2. The van der Waals surface area contributed by atoms with E-state index >= 15 is 0 Å². The highest BCUT2D eigenvalue weighted by Crippen LogP contribution is 2.32. The molecular weight excluding hydrogens is 432 g/mol. The molecular formula is C18H17BrN4O3S. The predicted molar refractivity (Wildman–Crippen MR) is 108 cm³/mol. The van der Waals surface area contributed by atoms with Crippen LogP contribution in [-0.2, 0) is 11.3 Å². The number of halogens is 1. The molecule has 0 aliphatic carbocycles. The number of carbonyl (C=O) groups excluding carboxylic acids is 1. The van der Waals surface area contributed by atoms with E-state index in [1.165, 1.54) is 17.8 Å². The van der Waals surface area contributed by atoms with E-state index in [1.54, 1.807) is 36.4 Å². The fourth-order valence-electron chi connectivity index (χ4n) is 2.46. The fraction of sp³-hybridized carbons (Fsp3) is 0.167. The molecule has 0 bridgehead atoms. The molecule has 0 aliphatic heterocycles. The third-order valence-electron chi connectivity index (χ3n) is 3.74. The summed E-state index contributed by atoms with van der Waals surface area (Å²) in [5.41, 5.74) is 0.920. The highest BCUT2D eigenvalue weighted by molar-refractivity contribution is 9.10. The van der Waals surface area contributed by atoms with Crippen molar-refractivity contribution in [2.45, 2.75) is 18.6 Å². The van der Waals surface area contributed by atoms with Crippen LogP contribution >= 0.6 is 27.7 Å². The Labute approximate surface area is 168 Å². The Balaban J connectivity index is 1.74. The summed E-state index contributed by atoms with van der Waals surface area (Å²) in [6.07, 6.45) is 0. The van der Waals surface area contributed by atoms with Crippen molar-refractivity contribution in [2.24, 2.45) is 0 Å². The minimum Gasteiger partial charge on any atom is -0.507 e. The van der Waals surface area contributed by atoms with Gasteiger partial charge in [-0.05, 0) is 37.3 Å². The van der Waals surface area contributed by atoms with Gasteiger partial charge >= 0.3 is 0 Å². The summed E-state index contributed by atoms with van der Waals surface area (Å²) in [7, 11) is 0. The SMILES string of the molecule is CCn1c(SCC(=O)Nc2ccccc2O)nnc1-c1cc(Br)ccc1O. The summed E-state index contributed by atoms with van der Waals surface area (Å²) in [6.45, 7) is 2.52. The van der Waals surface area contributed by atoms with Gasteiger partial charge in [0.1, 0.15) is 11.5 Å². The number of nitrogens with zero attached hydrogens (tertiary/aromatic N) is 3. The Kier molecular flexibility index (Phi) is 6.02. The van der Waals surface area contributed by atoms with Crippen LogP contribution in [0, 0.1) is 0 Å². The molecule has 0 saturated heterocycles. The van der Waals surface area contributed by atoms with E-state index in [2.05, 4.69) is 31.4 Å². The minimum atomic E-state index is -0.265. The van der Waals surface area contributed by atoms with Crippen molar-refractivity contribution < 1.29 is 15.0 Å². The van der Waals surface area contributed by atoms with Gasteiger partial charge in [-0.2, -0.15) is 0 Å². The number of phenols is 2. The number of carbonyl (C=O) groups is 1. The van der Waals surface area contributed by atoms with E-state index in [4.69, 9.17) is 0 Å². The maximum Gasteiger partial charge on any atom is 0.234 e. The molecule has 3 rings (SSSR count). The molecule has 9 heteroatoms. The molecule has 3 N–H and O–H groups in total.